The number of aromatic nitrogens is 3. The molecule has 0 radical (unpaired) electrons. The van der Waals surface area contributed by atoms with Crippen molar-refractivity contribution in [2.24, 2.45) is 0 Å². The van der Waals surface area contributed by atoms with Gasteiger partial charge >= 0.3 is 0 Å². The number of H-pyrrole nitrogens is 2. The summed E-state index contributed by atoms with van der Waals surface area (Å²) in [6.45, 7) is 2.10. The standard InChI is InChI=1S/C10H9N3/c1-6-4-11-9-3-2-8-7(10(6)9)5-12-13-8/h2-5,11H,1H3,(H,12,13). The van der Waals surface area contributed by atoms with E-state index in [2.05, 4.69) is 28.2 Å². The second-order valence-electron chi connectivity index (χ2n) is 3.29. The summed E-state index contributed by atoms with van der Waals surface area (Å²) in [5.41, 5.74) is 3.53. The van der Waals surface area contributed by atoms with E-state index < -0.39 is 0 Å². The van der Waals surface area contributed by atoms with E-state index in [0.717, 1.165) is 5.52 Å². The zero-order valence-electron chi connectivity index (χ0n) is 7.26. The van der Waals surface area contributed by atoms with Crippen LogP contribution in [-0.2, 0) is 0 Å². The van der Waals surface area contributed by atoms with Gasteiger partial charge in [0, 0.05) is 22.5 Å². The maximum atomic E-state index is 4.03. The lowest BCUT2D eigenvalue weighted by molar-refractivity contribution is 1.12. The largest absolute Gasteiger partial charge is 0.361 e. The maximum absolute atomic E-state index is 4.03. The van der Waals surface area contributed by atoms with Gasteiger partial charge in [-0.2, -0.15) is 5.10 Å². The first kappa shape index (κ1) is 6.71. The SMILES string of the molecule is Cc1c[nH]c2ccc3[nH]ncc3c12. The molecule has 1 aromatic carbocycles. The van der Waals surface area contributed by atoms with Crippen LogP contribution in [-0.4, -0.2) is 15.2 Å². The number of benzene rings is 1. The van der Waals surface area contributed by atoms with Crippen LogP contribution in [0.25, 0.3) is 21.8 Å². The average molecular weight is 171 g/mol. The molecule has 3 aromatic rings. The molecule has 0 aliphatic heterocycles. The highest BCUT2D eigenvalue weighted by Crippen LogP contribution is 2.25. The molecule has 0 saturated heterocycles. The van der Waals surface area contributed by atoms with Crippen molar-refractivity contribution in [2.75, 3.05) is 0 Å². The summed E-state index contributed by atoms with van der Waals surface area (Å²) >= 11 is 0. The fourth-order valence-corrected chi connectivity index (χ4v) is 1.82. The van der Waals surface area contributed by atoms with Crippen molar-refractivity contribution in [3.8, 4) is 0 Å². The summed E-state index contributed by atoms with van der Waals surface area (Å²) in [4.78, 5) is 3.23. The maximum Gasteiger partial charge on any atom is 0.0658 e. The normalized spacial score (nSPS) is 11.5. The third-order valence-corrected chi connectivity index (χ3v) is 2.46. The third-order valence-electron chi connectivity index (χ3n) is 2.46. The summed E-state index contributed by atoms with van der Waals surface area (Å²) in [6.07, 6.45) is 3.90. The van der Waals surface area contributed by atoms with Crippen LogP contribution < -0.4 is 0 Å². The van der Waals surface area contributed by atoms with E-state index in [1.807, 2.05) is 18.5 Å². The van der Waals surface area contributed by atoms with Gasteiger partial charge in [-0.3, -0.25) is 5.10 Å². The Hall–Kier alpha value is -1.77. The minimum atomic E-state index is 1.09. The number of fused-ring (bicyclic) bond motifs is 3. The van der Waals surface area contributed by atoms with Gasteiger partial charge in [-0.15, -0.1) is 0 Å². The van der Waals surface area contributed by atoms with E-state index in [1.54, 1.807) is 0 Å². The Kier molecular flexibility index (Phi) is 1.10. The Morgan fingerprint density at radius 2 is 2.08 bits per heavy atom. The molecule has 2 N–H and O–H groups in total. The smallest absolute Gasteiger partial charge is 0.0658 e. The molecule has 3 rings (SSSR count). The Balaban J connectivity index is 2.70. The van der Waals surface area contributed by atoms with Crippen LogP contribution in [0.2, 0.25) is 0 Å². The van der Waals surface area contributed by atoms with Gasteiger partial charge in [-0.05, 0) is 24.6 Å². The first-order valence-electron chi connectivity index (χ1n) is 4.26. The number of nitrogens with one attached hydrogen (secondary N) is 2. The van der Waals surface area contributed by atoms with Gasteiger partial charge in [0.2, 0.25) is 0 Å². The predicted octanol–water partition coefficient (Wildman–Crippen LogP) is 2.35. The van der Waals surface area contributed by atoms with Crippen molar-refractivity contribution in [1.29, 1.82) is 0 Å². The van der Waals surface area contributed by atoms with Gasteiger partial charge in [-0.25, -0.2) is 0 Å². The number of rotatable bonds is 0. The molecule has 13 heavy (non-hydrogen) atoms. The quantitative estimate of drug-likeness (QED) is 0.535. The molecule has 3 heteroatoms. The molecule has 2 aromatic heterocycles. The summed E-state index contributed by atoms with van der Waals surface area (Å²) in [6, 6.07) is 4.11. The van der Waals surface area contributed by atoms with Crippen LogP contribution in [0.1, 0.15) is 5.56 Å². The molecule has 0 fully saturated rings. The van der Waals surface area contributed by atoms with Crippen LogP contribution in [0.4, 0.5) is 0 Å². The number of hydrogen-bond acceptors (Lipinski definition) is 1. The molecule has 2 heterocycles. The Morgan fingerprint density at radius 1 is 1.23 bits per heavy atom. The van der Waals surface area contributed by atoms with Gasteiger partial charge in [0.05, 0.1) is 11.7 Å². The molecule has 0 bridgehead atoms. The fraction of sp³-hybridized carbons (Fsp3) is 0.100. The minimum Gasteiger partial charge on any atom is -0.361 e. The van der Waals surface area contributed by atoms with Crippen LogP contribution in [0.3, 0.4) is 0 Å². The van der Waals surface area contributed by atoms with Crippen molar-refractivity contribution in [3.63, 3.8) is 0 Å². The predicted molar refractivity (Wildman–Crippen MR) is 52.7 cm³/mol. The van der Waals surface area contributed by atoms with Crippen LogP contribution >= 0.6 is 0 Å². The van der Waals surface area contributed by atoms with Crippen molar-refractivity contribution in [3.05, 3.63) is 30.1 Å². The summed E-state index contributed by atoms with van der Waals surface area (Å²) in [7, 11) is 0. The number of aromatic amines is 2. The van der Waals surface area contributed by atoms with E-state index in [9.17, 15) is 0 Å². The molecule has 0 unspecified atom stereocenters. The molecule has 0 saturated carbocycles. The summed E-state index contributed by atoms with van der Waals surface area (Å²) < 4.78 is 0. The van der Waals surface area contributed by atoms with Gasteiger partial charge in [-0.1, -0.05) is 0 Å². The highest BCUT2D eigenvalue weighted by molar-refractivity contribution is 6.06. The Morgan fingerprint density at radius 3 is 3.00 bits per heavy atom. The van der Waals surface area contributed by atoms with Gasteiger partial charge in [0.25, 0.3) is 0 Å². The molecule has 0 spiro atoms. The lowest BCUT2D eigenvalue weighted by Crippen LogP contribution is -1.71. The van der Waals surface area contributed by atoms with E-state index >= 15 is 0 Å². The Labute approximate surface area is 74.8 Å². The number of nitrogens with zero attached hydrogens (tertiary/aromatic N) is 1. The van der Waals surface area contributed by atoms with Crippen LogP contribution in [0.15, 0.2) is 24.5 Å². The topological polar surface area (TPSA) is 44.5 Å². The zero-order chi connectivity index (χ0) is 8.84. The average Bonchev–Trinajstić information content (AvgIpc) is 2.70. The monoisotopic (exact) mass is 171 g/mol. The third kappa shape index (κ3) is 0.758. The first-order chi connectivity index (χ1) is 6.36. The number of hydrogen-bond donors (Lipinski definition) is 2. The fourth-order valence-electron chi connectivity index (χ4n) is 1.82. The van der Waals surface area contributed by atoms with Crippen molar-refractivity contribution in [2.45, 2.75) is 6.92 Å². The molecule has 3 nitrogen and oxygen atoms in total. The Bertz CT molecular complexity index is 574. The van der Waals surface area contributed by atoms with Crippen LogP contribution in [0, 0.1) is 6.92 Å². The highest BCUT2D eigenvalue weighted by atomic mass is 15.1. The van der Waals surface area contributed by atoms with E-state index in [0.29, 0.717) is 0 Å². The molecule has 0 aliphatic rings. The summed E-state index contributed by atoms with van der Waals surface area (Å²) in [5.74, 6) is 0. The van der Waals surface area contributed by atoms with Crippen molar-refractivity contribution < 1.29 is 0 Å². The second kappa shape index (κ2) is 2.13. The molecule has 0 atom stereocenters. The summed E-state index contributed by atoms with van der Waals surface area (Å²) in [5, 5.41) is 9.46. The second-order valence-corrected chi connectivity index (χ2v) is 3.29. The lowest BCUT2D eigenvalue weighted by Gasteiger charge is -1.92. The van der Waals surface area contributed by atoms with Crippen molar-refractivity contribution >= 4 is 21.8 Å². The van der Waals surface area contributed by atoms with Gasteiger partial charge < -0.3 is 4.98 Å². The van der Waals surface area contributed by atoms with Gasteiger partial charge in [0.15, 0.2) is 0 Å². The van der Waals surface area contributed by atoms with E-state index in [4.69, 9.17) is 0 Å². The lowest BCUT2D eigenvalue weighted by atomic mass is 10.1. The molecule has 64 valence electrons. The first-order valence-corrected chi connectivity index (χ1v) is 4.26. The zero-order valence-corrected chi connectivity index (χ0v) is 7.26. The number of aryl methyl sites for hydroxylation is 1. The highest BCUT2D eigenvalue weighted by Gasteiger charge is 2.04. The van der Waals surface area contributed by atoms with E-state index in [1.165, 1.54) is 21.9 Å². The van der Waals surface area contributed by atoms with Crippen molar-refractivity contribution in [1.82, 2.24) is 15.2 Å². The molecule has 0 amide bonds. The molecule has 0 aliphatic carbocycles. The molecular formula is C10H9N3. The van der Waals surface area contributed by atoms with E-state index in [-0.39, 0.29) is 0 Å². The molecular weight excluding hydrogens is 162 g/mol. The minimum absolute atomic E-state index is 1.09. The van der Waals surface area contributed by atoms with Crippen LogP contribution in [0.5, 0.6) is 0 Å². The van der Waals surface area contributed by atoms with Gasteiger partial charge in [0.1, 0.15) is 0 Å².